The number of aromatic nitrogens is 1. The highest BCUT2D eigenvalue weighted by Crippen LogP contribution is 2.26. The van der Waals surface area contributed by atoms with Crippen molar-refractivity contribution < 1.29 is 8.42 Å². The molecule has 7 heteroatoms. The standard InChI is InChI=1S/C12H21N3O2S2/c1-4-13-11-5-6-15(8-9(11)2)19(16,17)12-7-14-10(3)18-12/h7,9,11,13H,4-6,8H2,1-3H3. The summed E-state index contributed by atoms with van der Waals surface area (Å²) in [6.07, 6.45) is 2.34. The molecule has 0 aliphatic carbocycles. The summed E-state index contributed by atoms with van der Waals surface area (Å²) in [7, 11) is -3.35. The molecule has 2 heterocycles. The fraction of sp³-hybridized carbons (Fsp3) is 0.750. The number of sulfonamides is 1. The molecule has 0 aromatic carbocycles. The Kier molecular flexibility index (Phi) is 4.60. The largest absolute Gasteiger partial charge is 0.314 e. The first-order valence-corrected chi connectivity index (χ1v) is 8.86. The van der Waals surface area contributed by atoms with Crippen LogP contribution in [0.5, 0.6) is 0 Å². The third-order valence-corrected chi connectivity index (χ3v) is 6.74. The Morgan fingerprint density at radius 3 is 2.84 bits per heavy atom. The van der Waals surface area contributed by atoms with Crippen molar-refractivity contribution in [3.8, 4) is 0 Å². The second-order valence-electron chi connectivity index (χ2n) is 4.99. The Morgan fingerprint density at radius 2 is 2.32 bits per heavy atom. The minimum atomic E-state index is -3.35. The Balaban J connectivity index is 2.11. The zero-order valence-corrected chi connectivity index (χ0v) is 13.2. The molecule has 19 heavy (non-hydrogen) atoms. The van der Waals surface area contributed by atoms with Crippen molar-refractivity contribution >= 4 is 21.4 Å². The van der Waals surface area contributed by atoms with Gasteiger partial charge in [-0.05, 0) is 25.8 Å². The lowest BCUT2D eigenvalue weighted by atomic mass is 9.95. The quantitative estimate of drug-likeness (QED) is 0.915. The van der Waals surface area contributed by atoms with E-state index in [9.17, 15) is 8.42 Å². The molecule has 1 N–H and O–H groups in total. The number of hydrogen-bond donors (Lipinski definition) is 1. The molecule has 1 aromatic rings. The fourth-order valence-electron chi connectivity index (χ4n) is 2.48. The Hall–Kier alpha value is -0.500. The Bertz CT molecular complexity index is 527. The summed E-state index contributed by atoms with van der Waals surface area (Å²) in [4.78, 5) is 4.04. The molecule has 1 aliphatic heterocycles. The maximum absolute atomic E-state index is 12.5. The molecule has 2 atom stereocenters. The molecular formula is C12H21N3O2S2. The van der Waals surface area contributed by atoms with Gasteiger partial charge in [-0.25, -0.2) is 13.4 Å². The number of piperidine rings is 1. The highest BCUT2D eigenvalue weighted by Gasteiger charge is 2.34. The van der Waals surface area contributed by atoms with Crippen LogP contribution in [0.2, 0.25) is 0 Å². The SMILES string of the molecule is CCNC1CCN(S(=O)(=O)c2cnc(C)s2)CC1C. The normalized spacial score (nSPS) is 25.6. The highest BCUT2D eigenvalue weighted by molar-refractivity contribution is 7.91. The maximum Gasteiger partial charge on any atom is 0.254 e. The summed E-state index contributed by atoms with van der Waals surface area (Å²) in [5, 5.41) is 4.21. The Labute approximate surface area is 119 Å². The minimum Gasteiger partial charge on any atom is -0.314 e. The lowest BCUT2D eigenvalue weighted by Gasteiger charge is -2.36. The first kappa shape index (κ1) is 14.9. The monoisotopic (exact) mass is 303 g/mol. The molecular weight excluding hydrogens is 282 g/mol. The lowest BCUT2D eigenvalue weighted by Crippen LogP contribution is -2.49. The van der Waals surface area contributed by atoms with Crippen LogP contribution in [0.4, 0.5) is 0 Å². The molecule has 0 radical (unpaired) electrons. The first-order chi connectivity index (χ1) is 8.95. The van der Waals surface area contributed by atoms with Gasteiger partial charge in [0.25, 0.3) is 10.0 Å². The molecule has 108 valence electrons. The molecule has 5 nitrogen and oxygen atoms in total. The fourth-order valence-corrected chi connectivity index (χ4v) is 5.30. The zero-order chi connectivity index (χ0) is 14.0. The van der Waals surface area contributed by atoms with Gasteiger partial charge in [-0.15, -0.1) is 11.3 Å². The van der Waals surface area contributed by atoms with Crippen LogP contribution in [0.1, 0.15) is 25.3 Å². The van der Waals surface area contributed by atoms with Crippen LogP contribution in [-0.4, -0.2) is 43.4 Å². The van der Waals surface area contributed by atoms with Crippen molar-refractivity contribution in [3.05, 3.63) is 11.2 Å². The second-order valence-corrected chi connectivity index (χ2v) is 8.39. The van der Waals surface area contributed by atoms with Crippen molar-refractivity contribution in [2.45, 2.75) is 37.4 Å². The van der Waals surface area contributed by atoms with Crippen LogP contribution >= 0.6 is 11.3 Å². The molecule has 0 spiro atoms. The summed E-state index contributed by atoms with van der Waals surface area (Å²) < 4.78 is 26.9. The number of rotatable bonds is 4. The predicted molar refractivity (Wildman–Crippen MR) is 76.9 cm³/mol. The van der Waals surface area contributed by atoms with E-state index >= 15 is 0 Å². The van der Waals surface area contributed by atoms with Crippen LogP contribution in [0, 0.1) is 12.8 Å². The molecule has 1 aliphatic rings. The van der Waals surface area contributed by atoms with Crippen molar-refractivity contribution in [3.63, 3.8) is 0 Å². The smallest absolute Gasteiger partial charge is 0.254 e. The van der Waals surface area contributed by atoms with Gasteiger partial charge >= 0.3 is 0 Å². The van der Waals surface area contributed by atoms with Crippen molar-refractivity contribution in [1.82, 2.24) is 14.6 Å². The van der Waals surface area contributed by atoms with Crippen LogP contribution in [0.15, 0.2) is 10.4 Å². The van der Waals surface area contributed by atoms with Gasteiger partial charge in [-0.2, -0.15) is 4.31 Å². The second kappa shape index (κ2) is 5.87. The third kappa shape index (κ3) is 3.16. The number of hydrogen-bond acceptors (Lipinski definition) is 5. The molecule has 1 aromatic heterocycles. The van der Waals surface area contributed by atoms with E-state index in [1.54, 1.807) is 4.31 Å². The molecule has 0 saturated carbocycles. The zero-order valence-electron chi connectivity index (χ0n) is 11.6. The molecule has 0 amide bonds. The number of nitrogens with zero attached hydrogens (tertiary/aromatic N) is 2. The van der Waals surface area contributed by atoms with Crippen molar-refractivity contribution in [2.24, 2.45) is 5.92 Å². The van der Waals surface area contributed by atoms with Gasteiger partial charge < -0.3 is 5.32 Å². The molecule has 2 rings (SSSR count). The van der Waals surface area contributed by atoms with Crippen LogP contribution in [-0.2, 0) is 10.0 Å². The molecule has 1 saturated heterocycles. The summed E-state index contributed by atoms with van der Waals surface area (Å²) in [5.74, 6) is 0.331. The molecule has 2 unspecified atom stereocenters. The van der Waals surface area contributed by atoms with Crippen LogP contribution in [0.3, 0.4) is 0 Å². The molecule has 0 bridgehead atoms. The van der Waals surface area contributed by atoms with Gasteiger partial charge in [-0.3, -0.25) is 0 Å². The number of nitrogens with one attached hydrogen (secondary N) is 1. The van der Waals surface area contributed by atoms with E-state index in [0.717, 1.165) is 18.0 Å². The van der Waals surface area contributed by atoms with Gasteiger partial charge in [0.15, 0.2) is 4.21 Å². The van der Waals surface area contributed by atoms with E-state index in [-0.39, 0.29) is 0 Å². The van der Waals surface area contributed by atoms with Crippen molar-refractivity contribution in [2.75, 3.05) is 19.6 Å². The van der Waals surface area contributed by atoms with Gasteiger partial charge in [0.1, 0.15) is 0 Å². The number of thiazole rings is 1. The van der Waals surface area contributed by atoms with E-state index in [2.05, 4.69) is 24.1 Å². The lowest BCUT2D eigenvalue weighted by molar-refractivity contribution is 0.223. The highest BCUT2D eigenvalue weighted by atomic mass is 32.2. The predicted octanol–water partition coefficient (Wildman–Crippen LogP) is 1.46. The summed E-state index contributed by atoms with van der Waals surface area (Å²) in [6.45, 7) is 8.10. The first-order valence-electron chi connectivity index (χ1n) is 6.61. The summed E-state index contributed by atoms with van der Waals surface area (Å²) in [6, 6.07) is 0.416. The van der Waals surface area contributed by atoms with E-state index in [1.807, 2.05) is 6.92 Å². The van der Waals surface area contributed by atoms with Crippen molar-refractivity contribution in [1.29, 1.82) is 0 Å². The third-order valence-electron chi connectivity index (χ3n) is 3.53. The van der Waals surface area contributed by atoms with Gasteiger partial charge in [0, 0.05) is 19.1 Å². The number of aryl methyl sites for hydroxylation is 1. The topological polar surface area (TPSA) is 62.3 Å². The summed E-state index contributed by atoms with van der Waals surface area (Å²) >= 11 is 1.24. The van der Waals surface area contributed by atoms with Gasteiger partial charge in [0.05, 0.1) is 11.2 Å². The van der Waals surface area contributed by atoms with Gasteiger partial charge in [0.2, 0.25) is 0 Å². The average Bonchev–Trinajstić information content (AvgIpc) is 2.79. The summed E-state index contributed by atoms with van der Waals surface area (Å²) in [5.41, 5.74) is 0. The van der Waals surface area contributed by atoms with Crippen LogP contribution < -0.4 is 5.32 Å². The maximum atomic E-state index is 12.5. The molecule has 1 fully saturated rings. The Morgan fingerprint density at radius 1 is 1.58 bits per heavy atom. The van der Waals surface area contributed by atoms with E-state index < -0.39 is 10.0 Å². The van der Waals surface area contributed by atoms with E-state index in [0.29, 0.717) is 29.3 Å². The van der Waals surface area contributed by atoms with Gasteiger partial charge in [-0.1, -0.05) is 13.8 Å². The van der Waals surface area contributed by atoms with E-state index in [1.165, 1.54) is 17.5 Å². The minimum absolute atomic E-state index is 0.331. The van der Waals surface area contributed by atoms with Crippen LogP contribution in [0.25, 0.3) is 0 Å². The van der Waals surface area contributed by atoms with E-state index in [4.69, 9.17) is 0 Å². The average molecular weight is 303 g/mol.